The first-order valence-electron chi connectivity index (χ1n) is 15.0. The number of urea groups is 1. The van der Waals surface area contributed by atoms with Crippen molar-refractivity contribution in [2.75, 3.05) is 5.43 Å². The zero-order valence-electron chi connectivity index (χ0n) is 24.8. The van der Waals surface area contributed by atoms with Gasteiger partial charge in [-0.2, -0.15) is 9.91 Å². The normalized spacial score (nSPS) is 28.8. The van der Waals surface area contributed by atoms with Gasteiger partial charge in [0.2, 0.25) is 11.8 Å². The number of aromatic hydroxyl groups is 1. The molecule has 10 heteroatoms. The van der Waals surface area contributed by atoms with Crippen LogP contribution >= 0.6 is 0 Å². The summed E-state index contributed by atoms with van der Waals surface area (Å²) in [6.45, 7) is 3.69. The number of imide groups is 4. The molecule has 0 bridgehead atoms. The largest absolute Gasteiger partial charge is 0.507 e. The minimum atomic E-state index is -1.49. The lowest BCUT2D eigenvalue weighted by molar-refractivity contribution is -0.139. The Morgan fingerprint density at radius 3 is 2.29 bits per heavy atom. The molecule has 2 aliphatic carbocycles. The molecule has 6 atom stereocenters. The number of hydrogen-bond acceptors (Lipinski definition) is 7. The average Bonchev–Trinajstić information content (AvgIpc) is 3.41. The van der Waals surface area contributed by atoms with Crippen molar-refractivity contribution in [1.29, 1.82) is 0 Å². The maximum absolute atomic E-state index is 15.0. The van der Waals surface area contributed by atoms with Crippen LogP contribution in [0, 0.1) is 37.5 Å². The fraction of sp³-hybridized carbons (Fsp3) is 0.286. The molecule has 3 aromatic rings. The Morgan fingerprint density at radius 1 is 0.889 bits per heavy atom. The number of nitrogens with one attached hydrogen (secondary N) is 1. The third-order valence-corrected chi connectivity index (χ3v) is 10.2. The Kier molecular flexibility index (Phi) is 6.43. The molecule has 228 valence electrons. The lowest BCUT2D eigenvalue weighted by atomic mass is 9.49. The molecular weight excluding hydrogens is 572 g/mol. The molecule has 4 N–H and O–H groups in total. The van der Waals surface area contributed by atoms with Crippen molar-refractivity contribution in [3.05, 3.63) is 107 Å². The first-order valence-corrected chi connectivity index (χ1v) is 15.0. The van der Waals surface area contributed by atoms with Crippen molar-refractivity contribution in [3.63, 3.8) is 0 Å². The van der Waals surface area contributed by atoms with E-state index in [9.17, 15) is 24.3 Å². The maximum Gasteiger partial charge on any atom is 0.328 e. The summed E-state index contributed by atoms with van der Waals surface area (Å²) < 4.78 is 0. The third kappa shape index (κ3) is 3.91. The van der Waals surface area contributed by atoms with Gasteiger partial charge in [-0.3, -0.25) is 24.6 Å². The number of hydrazine groups is 1. The van der Waals surface area contributed by atoms with Crippen LogP contribution in [0.4, 0.5) is 10.5 Å². The van der Waals surface area contributed by atoms with Crippen molar-refractivity contribution < 1.29 is 29.1 Å². The molecule has 3 aromatic carbocycles. The maximum atomic E-state index is 15.0. The number of fused-ring (bicyclic) bond motifs is 4. The van der Waals surface area contributed by atoms with Gasteiger partial charge in [0, 0.05) is 11.5 Å². The SMILES string of the molecule is Cc1ccc(NN2C(=O)C3CC4C(=CCC5C(=O)N(C(N)=O)C(=O)C54)C(c4cccc(C)c4O)C3(c3ccccc3)C2=O)cc1. The number of allylic oxidation sites excluding steroid dienone is 2. The van der Waals surface area contributed by atoms with E-state index in [0.29, 0.717) is 32.9 Å². The lowest BCUT2D eigenvalue weighted by Crippen LogP contribution is -2.53. The monoisotopic (exact) mass is 604 g/mol. The zero-order valence-corrected chi connectivity index (χ0v) is 24.8. The minimum Gasteiger partial charge on any atom is -0.507 e. The van der Waals surface area contributed by atoms with E-state index in [1.807, 2.05) is 55.5 Å². The second-order valence-electron chi connectivity index (χ2n) is 12.5. The number of amides is 6. The van der Waals surface area contributed by atoms with Crippen LogP contribution in [-0.4, -0.2) is 44.7 Å². The number of para-hydroxylation sites is 1. The van der Waals surface area contributed by atoms with Crippen LogP contribution < -0.4 is 11.2 Å². The number of rotatable bonds is 4. The molecule has 10 nitrogen and oxygen atoms in total. The van der Waals surface area contributed by atoms with Gasteiger partial charge in [-0.1, -0.05) is 77.9 Å². The van der Waals surface area contributed by atoms with Gasteiger partial charge in [-0.15, -0.1) is 0 Å². The number of nitrogens with zero attached hydrogens (tertiary/aromatic N) is 2. The second-order valence-corrected chi connectivity index (χ2v) is 12.5. The highest BCUT2D eigenvalue weighted by Gasteiger charge is 2.70. The van der Waals surface area contributed by atoms with Crippen LogP contribution in [0.25, 0.3) is 0 Å². The van der Waals surface area contributed by atoms with Gasteiger partial charge in [0.05, 0.1) is 28.9 Å². The summed E-state index contributed by atoms with van der Waals surface area (Å²) >= 11 is 0. The van der Waals surface area contributed by atoms with E-state index in [1.54, 1.807) is 37.3 Å². The molecule has 0 aromatic heterocycles. The van der Waals surface area contributed by atoms with Crippen LogP contribution in [0.2, 0.25) is 0 Å². The van der Waals surface area contributed by atoms with E-state index in [4.69, 9.17) is 5.73 Å². The molecule has 3 fully saturated rings. The molecule has 6 unspecified atom stereocenters. The van der Waals surface area contributed by atoms with Gasteiger partial charge in [0.15, 0.2) is 0 Å². The van der Waals surface area contributed by atoms with Gasteiger partial charge in [-0.25, -0.2) is 4.79 Å². The summed E-state index contributed by atoms with van der Waals surface area (Å²) in [6, 6.07) is 20.5. The van der Waals surface area contributed by atoms with Gasteiger partial charge >= 0.3 is 6.03 Å². The van der Waals surface area contributed by atoms with Crippen molar-refractivity contribution in [2.45, 2.75) is 38.0 Å². The molecule has 7 rings (SSSR count). The second kappa shape index (κ2) is 10.2. The van der Waals surface area contributed by atoms with Crippen LogP contribution in [-0.2, 0) is 24.6 Å². The molecule has 45 heavy (non-hydrogen) atoms. The predicted octanol–water partition coefficient (Wildman–Crippen LogP) is 4.07. The van der Waals surface area contributed by atoms with E-state index in [0.717, 1.165) is 10.6 Å². The summed E-state index contributed by atoms with van der Waals surface area (Å²) in [7, 11) is 0. The average molecular weight is 605 g/mol. The number of anilines is 1. The summed E-state index contributed by atoms with van der Waals surface area (Å²) in [5, 5.41) is 12.6. The number of benzene rings is 3. The molecule has 2 heterocycles. The van der Waals surface area contributed by atoms with Crippen molar-refractivity contribution in [3.8, 4) is 5.75 Å². The van der Waals surface area contributed by atoms with E-state index in [-0.39, 0.29) is 18.6 Å². The Bertz CT molecular complexity index is 1820. The minimum absolute atomic E-state index is 0.0157. The van der Waals surface area contributed by atoms with Gasteiger partial charge in [0.1, 0.15) is 5.75 Å². The molecule has 4 aliphatic rings. The molecule has 0 radical (unpaired) electrons. The number of phenolic OH excluding ortho intramolecular Hbond substituents is 1. The van der Waals surface area contributed by atoms with E-state index in [1.165, 1.54) is 0 Å². The number of likely N-dealkylation sites (tertiary alicyclic amines) is 1. The number of hydrogen-bond donors (Lipinski definition) is 3. The van der Waals surface area contributed by atoms with Crippen LogP contribution in [0.3, 0.4) is 0 Å². The predicted molar refractivity (Wildman–Crippen MR) is 163 cm³/mol. The van der Waals surface area contributed by atoms with Gasteiger partial charge in [0.25, 0.3) is 11.8 Å². The Balaban J connectivity index is 1.47. The smallest absolute Gasteiger partial charge is 0.328 e. The van der Waals surface area contributed by atoms with Crippen molar-refractivity contribution >= 4 is 35.3 Å². The molecule has 0 spiro atoms. The summed E-state index contributed by atoms with van der Waals surface area (Å²) in [4.78, 5) is 69.2. The summed E-state index contributed by atoms with van der Waals surface area (Å²) in [5.74, 6) is -6.57. The first-order chi connectivity index (χ1) is 21.6. The molecule has 2 aliphatic heterocycles. The van der Waals surface area contributed by atoms with Crippen LogP contribution in [0.5, 0.6) is 5.75 Å². The Labute approximate surface area is 259 Å². The zero-order chi connectivity index (χ0) is 31.8. The standard InChI is InChI=1S/C35H32N4O6/c1-18-11-13-21(14-12-18)37-39-31(42)26-17-25-22(15-16-23-27(25)32(43)38(30(23)41)34(36)45)28(24-10-6-7-19(2)29(24)40)35(26,33(39)44)20-8-4-3-5-9-20/h3-15,23,25-28,37,40H,16-17H2,1-2H3,(H2,36,45). The lowest BCUT2D eigenvalue weighted by Gasteiger charge is -2.50. The van der Waals surface area contributed by atoms with E-state index in [2.05, 4.69) is 5.43 Å². The number of carbonyl (C=O) groups is 5. The number of carbonyl (C=O) groups excluding carboxylic acids is 5. The third-order valence-electron chi connectivity index (χ3n) is 10.2. The number of primary amides is 1. The van der Waals surface area contributed by atoms with E-state index < -0.39 is 64.7 Å². The van der Waals surface area contributed by atoms with Crippen LogP contribution in [0.1, 0.15) is 41.0 Å². The molecule has 1 saturated carbocycles. The van der Waals surface area contributed by atoms with Gasteiger partial charge in [-0.05, 0) is 55.9 Å². The molecular formula is C35H32N4O6. The quantitative estimate of drug-likeness (QED) is 0.300. The van der Waals surface area contributed by atoms with E-state index >= 15 is 4.79 Å². The first kappa shape index (κ1) is 28.5. The van der Waals surface area contributed by atoms with Gasteiger partial charge < -0.3 is 10.8 Å². The number of aryl methyl sites for hydroxylation is 2. The highest BCUT2D eigenvalue weighted by molar-refractivity contribution is 6.17. The fourth-order valence-electron chi connectivity index (χ4n) is 8.22. The highest BCUT2D eigenvalue weighted by atomic mass is 16.3. The van der Waals surface area contributed by atoms with Crippen LogP contribution in [0.15, 0.2) is 84.4 Å². The summed E-state index contributed by atoms with van der Waals surface area (Å²) in [5.41, 5.74) is 10.9. The highest BCUT2D eigenvalue weighted by Crippen LogP contribution is 2.65. The number of nitrogens with two attached hydrogens (primary N) is 1. The number of phenols is 1. The molecule has 2 saturated heterocycles. The topological polar surface area (TPSA) is 150 Å². The summed E-state index contributed by atoms with van der Waals surface area (Å²) in [6.07, 6.45) is 2.09. The van der Waals surface area contributed by atoms with Crippen molar-refractivity contribution in [2.24, 2.45) is 29.4 Å². The Morgan fingerprint density at radius 2 is 1.60 bits per heavy atom. The van der Waals surface area contributed by atoms with Crippen molar-refractivity contribution in [1.82, 2.24) is 9.91 Å². The Hall–Kier alpha value is -5.25. The molecule has 6 amide bonds. The fourth-order valence-corrected chi connectivity index (χ4v) is 8.22.